The SMILES string of the molecule is CC(=O)c1c[nH]c(C(=O)NCCC(c2ccccc2)c2ccccc2)c1. The molecule has 0 atom stereocenters. The highest BCUT2D eigenvalue weighted by Gasteiger charge is 2.15. The largest absolute Gasteiger partial charge is 0.356 e. The number of carbonyl (C=O) groups is 2. The number of Topliss-reactive ketones (excluding diaryl/α,β-unsaturated/α-hetero) is 1. The Morgan fingerprint density at radius 3 is 2.04 bits per heavy atom. The first kappa shape index (κ1) is 17.7. The predicted molar refractivity (Wildman–Crippen MR) is 102 cm³/mol. The molecule has 132 valence electrons. The molecule has 3 aromatic rings. The minimum Gasteiger partial charge on any atom is -0.356 e. The number of amides is 1. The quantitative estimate of drug-likeness (QED) is 0.631. The highest BCUT2D eigenvalue weighted by molar-refractivity contribution is 5.99. The topological polar surface area (TPSA) is 62.0 Å². The van der Waals surface area contributed by atoms with E-state index in [2.05, 4.69) is 34.6 Å². The Hall–Kier alpha value is -3.14. The van der Waals surface area contributed by atoms with Gasteiger partial charge < -0.3 is 10.3 Å². The Bertz CT molecular complexity index is 830. The normalized spacial score (nSPS) is 10.7. The molecule has 3 rings (SSSR count). The van der Waals surface area contributed by atoms with Gasteiger partial charge in [0.05, 0.1) is 0 Å². The van der Waals surface area contributed by atoms with Crippen LogP contribution in [0.1, 0.15) is 51.2 Å². The lowest BCUT2D eigenvalue weighted by molar-refractivity contribution is 0.0948. The van der Waals surface area contributed by atoms with Crippen LogP contribution in [-0.4, -0.2) is 23.2 Å². The Labute approximate surface area is 153 Å². The second-order valence-corrected chi connectivity index (χ2v) is 6.28. The summed E-state index contributed by atoms with van der Waals surface area (Å²) in [5, 5.41) is 2.94. The maximum atomic E-state index is 12.3. The van der Waals surface area contributed by atoms with E-state index in [1.165, 1.54) is 18.1 Å². The summed E-state index contributed by atoms with van der Waals surface area (Å²) < 4.78 is 0. The molecule has 0 bridgehead atoms. The minimum absolute atomic E-state index is 0.0616. The van der Waals surface area contributed by atoms with E-state index >= 15 is 0 Å². The zero-order valence-corrected chi connectivity index (χ0v) is 14.7. The number of hydrogen-bond donors (Lipinski definition) is 2. The van der Waals surface area contributed by atoms with Crippen molar-refractivity contribution in [2.75, 3.05) is 6.54 Å². The van der Waals surface area contributed by atoms with Crippen LogP contribution in [-0.2, 0) is 0 Å². The van der Waals surface area contributed by atoms with Gasteiger partial charge in [-0.2, -0.15) is 0 Å². The van der Waals surface area contributed by atoms with Crippen molar-refractivity contribution in [2.24, 2.45) is 0 Å². The van der Waals surface area contributed by atoms with Gasteiger partial charge in [0.2, 0.25) is 0 Å². The fourth-order valence-electron chi connectivity index (χ4n) is 3.05. The number of nitrogens with one attached hydrogen (secondary N) is 2. The van der Waals surface area contributed by atoms with Crippen molar-refractivity contribution in [3.8, 4) is 0 Å². The first-order chi connectivity index (χ1) is 12.6. The summed E-state index contributed by atoms with van der Waals surface area (Å²) in [6.45, 7) is 2.02. The van der Waals surface area contributed by atoms with E-state index in [-0.39, 0.29) is 17.6 Å². The Morgan fingerprint density at radius 1 is 0.962 bits per heavy atom. The highest BCUT2D eigenvalue weighted by atomic mass is 16.2. The average Bonchev–Trinajstić information content (AvgIpc) is 3.17. The molecule has 0 saturated carbocycles. The van der Waals surface area contributed by atoms with E-state index in [9.17, 15) is 9.59 Å². The van der Waals surface area contributed by atoms with Gasteiger partial charge in [-0.25, -0.2) is 0 Å². The molecule has 2 aromatic carbocycles. The summed E-state index contributed by atoms with van der Waals surface area (Å²) in [6.07, 6.45) is 2.36. The average molecular weight is 346 g/mol. The maximum Gasteiger partial charge on any atom is 0.267 e. The number of aromatic amines is 1. The van der Waals surface area contributed by atoms with Crippen LogP contribution in [0.4, 0.5) is 0 Å². The van der Waals surface area contributed by atoms with Crippen LogP contribution in [0.25, 0.3) is 0 Å². The number of H-pyrrole nitrogens is 1. The Balaban J connectivity index is 1.66. The highest BCUT2D eigenvalue weighted by Crippen LogP contribution is 2.27. The van der Waals surface area contributed by atoms with E-state index in [1.807, 2.05) is 36.4 Å². The first-order valence-corrected chi connectivity index (χ1v) is 8.72. The van der Waals surface area contributed by atoms with Crippen LogP contribution < -0.4 is 5.32 Å². The number of ketones is 1. The van der Waals surface area contributed by atoms with Crippen LogP contribution >= 0.6 is 0 Å². The van der Waals surface area contributed by atoms with E-state index in [1.54, 1.807) is 12.3 Å². The van der Waals surface area contributed by atoms with Gasteiger partial charge in [0.25, 0.3) is 5.91 Å². The first-order valence-electron chi connectivity index (χ1n) is 8.72. The molecule has 0 spiro atoms. The predicted octanol–water partition coefficient (Wildman–Crippen LogP) is 4.17. The number of aromatic nitrogens is 1. The molecule has 2 N–H and O–H groups in total. The van der Waals surface area contributed by atoms with Crippen molar-refractivity contribution >= 4 is 11.7 Å². The summed E-state index contributed by atoms with van der Waals surface area (Å²) in [5.41, 5.74) is 3.38. The summed E-state index contributed by atoms with van der Waals surface area (Å²) >= 11 is 0. The second-order valence-electron chi connectivity index (χ2n) is 6.28. The van der Waals surface area contributed by atoms with Crippen molar-refractivity contribution in [2.45, 2.75) is 19.3 Å². The third-order valence-corrected chi connectivity index (χ3v) is 4.46. The standard InChI is InChI=1S/C22H22N2O2/c1-16(25)19-14-21(24-15-19)22(26)23-13-12-20(17-8-4-2-5-9-17)18-10-6-3-7-11-18/h2-11,14-15,20,24H,12-13H2,1H3,(H,23,26). The summed E-state index contributed by atoms with van der Waals surface area (Å²) in [7, 11) is 0. The zero-order chi connectivity index (χ0) is 18.4. The maximum absolute atomic E-state index is 12.3. The molecule has 1 aromatic heterocycles. The third-order valence-electron chi connectivity index (χ3n) is 4.46. The molecule has 0 saturated heterocycles. The fourth-order valence-corrected chi connectivity index (χ4v) is 3.05. The molecule has 0 aliphatic rings. The van der Waals surface area contributed by atoms with Gasteiger partial charge in [0.1, 0.15) is 5.69 Å². The van der Waals surface area contributed by atoms with Crippen LogP contribution in [0.5, 0.6) is 0 Å². The lowest BCUT2D eigenvalue weighted by Gasteiger charge is -2.18. The Morgan fingerprint density at radius 2 is 1.54 bits per heavy atom. The summed E-state index contributed by atoms with van der Waals surface area (Å²) in [4.78, 5) is 26.5. The molecular weight excluding hydrogens is 324 g/mol. The molecule has 0 fully saturated rings. The monoisotopic (exact) mass is 346 g/mol. The van der Waals surface area contributed by atoms with Gasteiger partial charge in [0.15, 0.2) is 5.78 Å². The molecule has 0 aliphatic carbocycles. The third kappa shape index (κ3) is 4.28. The van der Waals surface area contributed by atoms with Crippen LogP contribution in [0.3, 0.4) is 0 Å². The molecule has 1 heterocycles. The van der Waals surface area contributed by atoms with Gasteiger partial charge >= 0.3 is 0 Å². The van der Waals surface area contributed by atoms with E-state index in [0.717, 1.165) is 6.42 Å². The summed E-state index contributed by atoms with van der Waals surface area (Å²) in [6, 6.07) is 22.2. The molecular formula is C22H22N2O2. The fraction of sp³-hybridized carbons (Fsp3) is 0.182. The molecule has 0 radical (unpaired) electrons. The van der Waals surface area contributed by atoms with Gasteiger partial charge in [-0.15, -0.1) is 0 Å². The van der Waals surface area contributed by atoms with E-state index in [0.29, 0.717) is 17.8 Å². The Kier molecular flexibility index (Phi) is 5.64. The van der Waals surface area contributed by atoms with Crippen LogP contribution in [0, 0.1) is 0 Å². The molecule has 1 amide bonds. The van der Waals surface area contributed by atoms with E-state index < -0.39 is 0 Å². The smallest absolute Gasteiger partial charge is 0.267 e. The molecule has 0 unspecified atom stereocenters. The number of hydrogen-bond acceptors (Lipinski definition) is 2. The van der Waals surface area contributed by atoms with Gasteiger partial charge in [-0.3, -0.25) is 9.59 Å². The number of benzene rings is 2. The van der Waals surface area contributed by atoms with Crippen molar-refractivity contribution in [1.82, 2.24) is 10.3 Å². The summed E-state index contributed by atoms with van der Waals surface area (Å²) in [5.74, 6) is -0.0417. The zero-order valence-electron chi connectivity index (χ0n) is 14.7. The van der Waals surface area contributed by atoms with Crippen LogP contribution in [0.15, 0.2) is 72.9 Å². The second kappa shape index (κ2) is 8.30. The lowest BCUT2D eigenvalue weighted by atomic mass is 9.88. The number of rotatable bonds is 7. The van der Waals surface area contributed by atoms with Crippen LogP contribution in [0.2, 0.25) is 0 Å². The van der Waals surface area contributed by atoms with Gasteiger partial charge in [0, 0.05) is 24.2 Å². The molecule has 26 heavy (non-hydrogen) atoms. The molecule has 0 aliphatic heterocycles. The van der Waals surface area contributed by atoms with Crippen molar-refractivity contribution < 1.29 is 9.59 Å². The molecule has 4 heteroatoms. The van der Waals surface area contributed by atoms with Crippen molar-refractivity contribution in [3.05, 3.63) is 95.3 Å². The van der Waals surface area contributed by atoms with Crippen molar-refractivity contribution in [1.29, 1.82) is 0 Å². The number of carbonyl (C=O) groups excluding carboxylic acids is 2. The van der Waals surface area contributed by atoms with Crippen molar-refractivity contribution in [3.63, 3.8) is 0 Å². The lowest BCUT2D eigenvalue weighted by Crippen LogP contribution is -2.26. The molecule has 4 nitrogen and oxygen atoms in total. The van der Waals surface area contributed by atoms with Gasteiger partial charge in [-0.1, -0.05) is 60.7 Å². The van der Waals surface area contributed by atoms with Gasteiger partial charge in [-0.05, 0) is 30.5 Å². The minimum atomic E-state index is -0.197. The van der Waals surface area contributed by atoms with E-state index in [4.69, 9.17) is 0 Å².